The van der Waals surface area contributed by atoms with Crippen LogP contribution in [0.25, 0.3) is 0 Å². The Morgan fingerprint density at radius 1 is 1.73 bits per heavy atom. The summed E-state index contributed by atoms with van der Waals surface area (Å²) in [6, 6.07) is 0.367. The molecule has 2 heterocycles. The summed E-state index contributed by atoms with van der Waals surface area (Å²) in [7, 11) is 0. The first-order chi connectivity index (χ1) is 7.18. The molecule has 0 saturated carbocycles. The molecule has 2 atom stereocenters. The predicted octanol–water partition coefficient (Wildman–Crippen LogP) is 1.42. The lowest BCUT2D eigenvalue weighted by Gasteiger charge is -2.32. The standard InChI is InChI=1S/C10H16N2O2S/c1-7-6-14-4-3-12(7)10-11-5-9(15-10)8(2)13/h5,7-8,13H,3-4,6H2,1-2H3. The summed E-state index contributed by atoms with van der Waals surface area (Å²) >= 11 is 1.56. The summed E-state index contributed by atoms with van der Waals surface area (Å²) in [4.78, 5) is 7.50. The molecule has 0 amide bonds. The van der Waals surface area contributed by atoms with Crippen molar-refractivity contribution in [2.24, 2.45) is 0 Å². The fraction of sp³-hybridized carbons (Fsp3) is 0.700. The van der Waals surface area contributed by atoms with Crippen LogP contribution in [-0.4, -0.2) is 35.9 Å². The molecule has 1 N–H and O–H groups in total. The maximum atomic E-state index is 9.43. The summed E-state index contributed by atoms with van der Waals surface area (Å²) in [6.07, 6.45) is 1.33. The van der Waals surface area contributed by atoms with E-state index in [4.69, 9.17) is 4.74 Å². The molecular formula is C10H16N2O2S. The first kappa shape index (κ1) is 10.9. The van der Waals surface area contributed by atoms with E-state index in [1.54, 1.807) is 24.5 Å². The van der Waals surface area contributed by atoms with E-state index >= 15 is 0 Å². The molecule has 84 valence electrons. The lowest BCUT2D eigenvalue weighted by molar-refractivity contribution is 0.0989. The van der Waals surface area contributed by atoms with Gasteiger partial charge in [-0.2, -0.15) is 0 Å². The third-order valence-corrected chi connectivity index (χ3v) is 3.74. The Morgan fingerprint density at radius 2 is 2.53 bits per heavy atom. The molecule has 1 aliphatic heterocycles. The minimum Gasteiger partial charge on any atom is -0.388 e. The van der Waals surface area contributed by atoms with Gasteiger partial charge in [0.15, 0.2) is 5.13 Å². The van der Waals surface area contributed by atoms with Crippen LogP contribution < -0.4 is 4.90 Å². The molecule has 4 nitrogen and oxygen atoms in total. The number of rotatable bonds is 2. The van der Waals surface area contributed by atoms with Gasteiger partial charge in [-0.1, -0.05) is 11.3 Å². The molecule has 0 aromatic carbocycles. The van der Waals surface area contributed by atoms with Crippen LogP contribution in [0.1, 0.15) is 24.8 Å². The quantitative estimate of drug-likeness (QED) is 0.831. The molecule has 0 bridgehead atoms. The first-order valence-corrected chi connectivity index (χ1v) is 5.98. The van der Waals surface area contributed by atoms with E-state index in [-0.39, 0.29) is 0 Å². The number of morpholine rings is 1. The highest BCUT2D eigenvalue weighted by Gasteiger charge is 2.22. The van der Waals surface area contributed by atoms with Crippen molar-refractivity contribution in [2.45, 2.75) is 26.0 Å². The van der Waals surface area contributed by atoms with Crippen LogP contribution in [0.4, 0.5) is 5.13 Å². The van der Waals surface area contributed by atoms with Crippen LogP contribution in [-0.2, 0) is 4.74 Å². The summed E-state index contributed by atoms with van der Waals surface area (Å²) < 4.78 is 5.37. The second-order valence-electron chi connectivity index (χ2n) is 3.84. The molecule has 15 heavy (non-hydrogen) atoms. The number of anilines is 1. The molecule has 0 radical (unpaired) electrons. The summed E-state index contributed by atoms with van der Waals surface area (Å²) in [5.41, 5.74) is 0. The van der Waals surface area contributed by atoms with Gasteiger partial charge in [-0.05, 0) is 13.8 Å². The fourth-order valence-electron chi connectivity index (χ4n) is 1.61. The number of thiazole rings is 1. The SMILES string of the molecule is CC(O)c1cnc(N2CCOCC2C)s1. The van der Waals surface area contributed by atoms with E-state index in [1.165, 1.54) is 0 Å². The Balaban J connectivity index is 2.13. The van der Waals surface area contributed by atoms with Gasteiger partial charge in [0.25, 0.3) is 0 Å². The van der Waals surface area contributed by atoms with Crippen LogP contribution in [0.5, 0.6) is 0 Å². The molecular weight excluding hydrogens is 212 g/mol. The highest BCUT2D eigenvalue weighted by molar-refractivity contribution is 7.15. The van der Waals surface area contributed by atoms with Crippen molar-refractivity contribution in [2.75, 3.05) is 24.7 Å². The van der Waals surface area contributed by atoms with Gasteiger partial charge in [0.1, 0.15) is 0 Å². The van der Waals surface area contributed by atoms with Crippen molar-refractivity contribution >= 4 is 16.5 Å². The third-order valence-electron chi connectivity index (χ3n) is 2.54. The minimum absolute atomic E-state index is 0.367. The number of aliphatic hydroxyl groups excluding tert-OH is 1. The number of aromatic nitrogens is 1. The maximum absolute atomic E-state index is 9.43. The summed E-state index contributed by atoms with van der Waals surface area (Å²) in [6.45, 7) is 6.29. The van der Waals surface area contributed by atoms with Gasteiger partial charge in [0.2, 0.25) is 0 Å². The molecule has 0 spiro atoms. The number of ether oxygens (including phenoxy) is 1. The van der Waals surface area contributed by atoms with Crippen molar-refractivity contribution in [3.05, 3.63) is 11.1 Å². The van der Waals surface area contributed by atoms with Gasteiger partial charge < -0.3 is 14.7 Å². The highest BCUT2D eigenvalue weighted by Crippen LogP contribution is 2.28. The molecule has 0 aliphatic carbocycles. The van der Waals surface area contributed by atoms with Gasteiger partial charge in [-0.15, -0.1) is 0 Å². The molecule has 1 saturated heterocycles. The Hall–Kier alpha value is -0.650. The molecule has 1 aromatic rings. The van der Waals surface area contributed by atoms with Gasteiger partial charge >= 0.3 is 0 Å². The van der Waals surface area contributed by atoms with E-state index in [0.717, 1.165) is 29.8 Å². The van der Waals surface area contributed by atoms with Crippen LogP contribution in [0, 0.1) is 0 Å². The smallest absolute Gasteiger partial charge is 0.185 e. The highest BCUT2D eigenvalue weighted by atomic mass is 32.1. The molecule has 1 fully saturated rings. The second-order valence-corrected chi connectivity index (χ2v) is 4.88. The monoisotopic (exact) mass is 228 g/mol. The van der Waals surface area contributed by atoms with Crippen LogP contribution in [0.2, 0.25) is 0 Å². The van der Waals surface area contributed by atoms with Crippen molar-refractivity contribution in [3.63, 3.8) is 0 Å². The number of aliphatic hydroxyl groups is 1. The van der Waals surface area contributed by atoms with Gasteiger partial charge in [0.05, 0.1) is 30.2 Å². The van der Waals surface area contributed by atoms with E-state index < -0.39 is 6.10 Å². The molecule has 5 heteroatoms. The lowest BCUT2D eigenvalue weighted by atomic mass is 10.3. The second kappa shape index (κ2) is 4.47. The van der Waals surface area contributed by atoms with E-state index in [0.29, 0.717) is 6.04 Å². The lowest BCUT2D eigenvalue weighted by Crippen LogP contribution is -2.43. The summed E-state index contributed by atoms with van der Waals surface area (Å²) in [5.74, 6) is 0. The maximum Gasteiger partial charge on any atom is 0.185 e. The number of hydrogen-bond acceptors (Lipinski definition) is 5. The fourth-order valence-corrected chi connectivity index (χ4v) is 2.59. The average Bonchev–Trinajstić information content (AvgIpc) is 2.67. The topological polar surface area (TPSA) is 45.6 Å². The summed E-state index contributed by atoms with van der Waals surface area (Å²) in [5, 5.41) is 10.4. The van der Waals surface area contributed by atoms with Crippen molar-refractivity contribution in [1.82, 2.24) is 4.98 Å². The van der Waals surface area contributed by atoms with Crippen LogP contribution in [0.15, 0.2) is 6.20 Å². The van der Waals surface area contributed by atoms with Gasteiger partial charge in [-0.3, -0.25) is 0 Å². The molecule has 2 unspecified atom stereocenters. The molecule has 1 aliphatic rings. The average molecular weight is 228 g/mol. The van der Waals surface area contributed by atoms with Crippen LogP contribution >= 0.6 is 11.3 Å². The predicted molar refractivity (Wildman–Crippen MR) is 60.4 cm³/mol. The number of nitrogens with zero attached hydrogens (tertiary/aromatic N) is 2. The third kappa shape index (κ3) is 2.30. The normalized spacial score (nSPS) is 24.2. The largest absolute Gasteiger partial charge is 0.388 e. The van der Waals surface area contributed by atoms with Crippen LogP contribution in [0.3, 0.4) is 0 Å². The Morgan fingerprint density at radius 3 is 3.13 bits per heavy atom. The Kier molecular flexibility index (Phi) is 3.23. The zero-order valence-corrected chi connectivity index (χ0v) is 9.83. The Labute approximate surface area is 93.5 Å². The van der Waals surface area contributed by atoms with E-state index in [2.05, 4.69) is 16.8 Å². The van der Waals surface area contributed by atoms with E-state index in [1.807, 2.05) is 0 Å². The molecule has 1 aromatic heterocycles. The Bertz CT molecular complexity index is 327. The van der Waals surface area contributed by atoms with Gasteiger partial charge in [-0.25, -0.2) is 4.98 Å². The minimum atomic E-state index is -0.424. The number of hydrogen-bond donors (Lipinski definition) is 1. The van der Waals surface area contributed by atoms with Crippen molar-refractivity contribution < 1.29 is 9.84 Å². The van der Waals surface area contributed by atoms with Crippen molar-refractivity contribution in [3.8, 4) is 0 Å². The molecule has 2 rings (SSSR count). The van der Waals surface area contributed by atoms with E-state index in [9.17, 15) is 5.11 Å². The van der Waals surface area contributed by atoms with Gasteiger partial charge in [0, 0.05) is 12.7 Å². The zero-order valence-electron chi connectivity index (χ0n) is 9.01. The van der Waals surface area contributed by atoms with Crippen molar-refractivity contribution in [1.29, 1.82) is 0 Å². The first-order valence-electron chi connectivity index (χ1n) is 5.16. The zero-order chi connectivity index (χ0) is 10.8.